The molecule has 0 amide bonds. The highest BCUT2D eigenvalue weighted by molar-refractivity contribution is 5.67. The highest BCUT2D eigenvalue weighted by Gasteiger charge is 2.40. The standard InChI is InChI=1S/C19H17FN2O2/c1-11-9-12(22(23)24)10-16-13-6-4-7-14(13)19(21-18(11)16)15-5-2-3-8-17(15)20/h2-6,8-10,13-14,19,21H,7H2,1H3/t13-,14-,19+/m1/s1. The van der Waals surface area contributed by atoms with Crippen LogP contribution >= 0.6 is 0 Å². The van der Waals surface area contributed by atoms with Gasteiger partial charge in [-0.3, -0.25) is 10.1 Å². The zero-order valence-electron chi connectivity index (χ0n) is 13.2. The Morgan fingerprint density at radius 2 is 2.04 bits per heavy atom. The summed E-state index contributed by atoms with van der Waals surface area (Å²) in [6.07, 6.45) is 5.02. The molecular weight excluding hydrogens is 307 g/mol. The summed E-state index contributed by atoms with van der Waals surface area (Å²) in [6, 6.07) is 9.91. The molecular formula is C19H17FN2O2. The number of benzene rings is 2. The van der Waals surface area contributed by atoms with Gasteiger partial charge in [0.1, 0.15) is 5.82 Å². The molecule has 1 aliphatic heterocycles. The van der Waals surface area contributed by atoms with E-state index in [1.54, 1.807) is 18.2 Å². The summed E-state index contributed by atoms with van der Waals surface area (Å²) < 4.78 is 14.3. The molecule has 1 aliphatic carbocycles. The molecule has 24 heavy (non-hydrogen) atoms. The van der Waals surface area contributed by atoms with E-state index >= 15 is 0 Å². The first-order valence-corrected chi connectivity index (χ1v) is 8.03. The molecule has 0 bridgehead atoms. The van der Waals surface area contributed by atoms with Crippen molar-refractivity contribution in [2.45, 2.75) is 25.3 Å². The summed E-state index contributed by atoms with van der Waals surface area (Å²) in [4.78, 5) is 10.8. The molecule has 122 valence electrons. The van der Waals surface area contributed by atoms with Crippen LogP contribution in [0.4, 0.5) is 15.8 Å². The molecule has 2 aromatic rings. The van der Waals surface area contributed by atoms with E-state index in [1.165, 1.54) is 6.07 Å². The molecule has 0 unspecified atom stereocenters. The molecule has 0 spiro atoms. The summed E-state index contributed by atoms with van der Waals surface area (Å²) in [5.41, 5.74) is 3.41. The Morgan fingerprint density at radius 1 is 1.25 bits per heavy atom. The predicted molar refractivity (Wildman–Crippen MR) is 90.6 cm³/mol. The SMILES string of the molecule is Cc1cc([N+](=O)[O-])cc2c1N[C@H](c1ccccc1F)[C@@H]1CC=C[C@@H]21. The molecule has 1 N–H and O–H groups in total. The van der Waals surface area contributed by atoms with Crippen LogP contribution in [-0.4, -0.2) is 4.92 Å². The number of nitrogens with zero attached hydrogens (tertiary/aromatic N) is 1. The maximum Gasteiger partial charge on any atom is 0.270 e. The van der Waals surface area contributed by atoms with Crippen molar-refractivity contribution >= 4 is 11.4 Å². The maximum absolute atomic E-state index is 14.3. The van der Waals surface area contributed by atoms with Gasteiger partial charge in [0.05, 0.1) is 11.0 Å². The van der Waals surface area contributed by atoms with Gasteiger partial charge in [-0.2, -0.15) is 0 Å². The third-order valence-electron chi connectivity index (χ3n) is 5.10. The monoisotopic (exact) mass is 324 g/mol. The van der Waals surface area contributed by atoms with Crippen molar-refractivity contribution in [2.24, 2.45) is 5.92 Å². The fraction of sp³-hybridized carbons (Fsp3) is 0.263. The second kappa shape index (κ2) is 5.44. The Kier molecular flexibility index (Phi) is 3.37. The molecule has 0 saturated carbocycles. The number of nitro groups is 1. The minimum atomic E-state index is -0.357. The van der Waals surface area contributed by atoms with Crippen molar-refractivity contribution in [3.05, 3.63) is 81.2 Å². The van der Waals surface area contributed by atoms with Gasteiger partial charge < -0.3 is 5.32 Å². The largest absolute Gasteiger partial charge is 0.377 e. The van der Waals surface area contributed by atoms with Crippen LogP contribution in [0.2, 0.25) is 0 Å². The van der Waals surface area contributed by atoms with E-state index in [-0.39, 0.29) is 34.3 Å². The van der Waals surface area contributed by atoms with Gasteiger partial charge in [-0.25, -0.2) is 4.39 Å². The van der Waals surface area contributed by atoms with Gasteiger partial charge in [-0.15, -0.1) is 0 Å². The highest BCUT2D eigenvalue weighted by Crippen LogP contribution is 2.51. The molecule has 5 heteroatoms. The predicted octanol–water partition coefficient (Wildman–Crippen LogP) is 4.87. The fourth-order valence-electron chi connectivity index (χ4n) is 4.01. The van der Waals surface area contributed by atoms with Crippen LogP contribution in [0.15, 0.2) is 48.6 Å². The van der Waals surface area contributed by atoms with Gasteiger partial charge in [-0.05, 0) is 36.5 Å². The lowest BCUT2D eigenvalue weighted by molar-refractivity contribution is -0.385. The number of nitrogens with one attached hydrogen (secondary N) is 1. The van der Waals surface area contributed by atoms with E-state index in [4.69, 9.17) is 0 Å². The van der Waals surface area contributed by atoms with Crippen LogP contribution in [0.1, 0.15) is 35.1 Å². The first-order valence-electron chi connectivity index (χ1n) is 8.03. The number of aryl methyl sites for hydroxylation is 1. The van der Waals surface area contributed by atoms with Crippen molar-refractivity contribution in [1.29, 1.82) is 0 Å². The number of fused-ring (bicyclic) bond motifs is 3. The van der Waals surface area contributed by atoms with Gasteiger partial charge in [0.2, 0.25) is 0 Å². The van der Waals surface area contributed by atoms with Crippen LogP contribution < -0.4 is 5.32 Å². The summed E-state index contributed by atoms with van der Waals surface area (Å²) in [5.74, 6) is 0.0175. The lowest BCUT2D eigenvalue weighted by Crippen LogP contribution is -2.30. The zero-order valence-corrected chi connectivity index (χ0v) is 13.2. The van der Waals surface area contributed by atoms with Crippen molar-refractivity contribution in [1.82, 2.24) is 0 Å². The normalized spacial score (nSPS) is 24.2. The van der Waals surface area contributed by atoms with E-state index in [1.807, 2.05) is 19.1 Å². The van der Waals surface area contributed by atoms with Gasteiger partial charge in [0.15, 0.2) is 0 Å². The van der Waals surface area contributed by atoms with Crippen molar-refractivity contribution in [3.63, 3.8) is 0 Å². The molecule has 0 saturated heterocycles. The molecule has 0 aromatic heterocycles. The van der Waals surface area contributed by atoms with Crippen LogP contribution in [0.3, 0.4) is 0 Å². The quantitative estimate of drug-likeness (QED) is 0.487. The lowest BCUT2D eigenvalue weighted by Gasteiger charge is -2.38. The molecule has 2 aliphatic rings. The molecule has 2 aromatic carbocycles. The molecule has 4 rings (SSSR count). The first kappa shape index (κ1) is 14.9. The molecule has 1 heterocycles. The number of hydrogen-bond donors (Lipinski definition) is 1. The Labute approximate surface area is 139 Å². The molecule has 0 radical (unpaired) electrons. The Balaban J connectivity index is 1.85. The van der Waals surface area contributed by atoms with E-state index in [9.17, 15) is 14.5 Å². The number of anilines is 1. The molecule has 4 nitrogen and oxygen atoms in total. The molecule has 0 fully saturated rings. The van der Waals surface area contributed by atoms with E-state index in [0.29, 0.717) is 5.56 Å². The molecule has 3 atom stereocenters. The summed E-state index contributed by atoms with van der Waals surface area (Å²) in [6.45, 7) is 1.86. The fourth-order valence-corrected chi connectivity index (χ4v) is 4.01. The van der Waals surface area contributed by atoms with Crippen molar-refractivity contribution in [3.8, 4) is 0 Å². The maximum atomic E-state index is 14.3. The Hall–Kier alpha value is -2.69. The first-order chi connectivity index (χ1) is 11.6. The van der Waals surface area contributed by atoms with E-state index in [0.717, 1.165) is 23.2 Å². The second-order valence-electron chi connectivity index (χ2n) is 6.48. The number of halogens is 1. The third-order valence-corrected chi connectivity index (χ3v) is 5.10. The van der Waals surface area contributed by atoms with Gasteiger partial charge in [-0.1, -0.05) is 30.4 Å². The van der Waals surface area contributed by atoms with Gasteiger partial charge in [0, 0.05) is 29.3 Å². The van der Waals surface area contributed by atoms with E-state index in [2.05, 4.69) is 17.5 Å². The number of rotatable bonds is 2. The van der Waals surface area contributed by atoms with Crippen molar-refractivity contribution in [2.75, 3.05) is 5.32 Å². The minimum absolute atomic E-state index is 0.0736. The van der Waals surface area contributed by atoms with E-state index < -0.39 is 0 Å². The zero-order chi connectivity index (χ0) is 16.8. The summed E-state index contributed by atoms with van der Waals surface area (Å²) in [5, 5.41) is 14.6. The lowest BCUT2D eigenvalue weighted by atomic mass is 9.76. The summed E-state index contributed by atoms with van der Waals surface area (Å²) in [7, 11) is 0. The number of non-ortho nitro benzene ring substituents is 1. The minimum Gasteiger partial charge on any atom is -0.377 e. The van der Waals surface area contributed by atoms with Crippen molar-refractivity contribution < 1.29 is 9.31 Å². The van der Waals surface area contributed by atoms with Gasteiger partial charge in [0.25, 0.3) is 5.69 Å². The smallest absolute Gasteiger partial charge is 0.270 e. The average molecular weight is 324 g/mol. The number of hydrogen-bond acceptors (Lipinski definition) is 3. The topological polar surface area (TPSA) is 55.2 Å². The van der Waals surface area contributed by atoms with Crippen LogP contribution in [0.5, 0.6) is 0 Å². The highest BCUT2D eigenvalue weighted by atomic mass is 19.1. The Bertz CT molecular complexity index is 862. The number of nitro benzene ring substituents is 1. The van der Waals surface area contributed by atoms with Crippen LogP contribution in [0.25, 0.3) is 0 Å². The van der Waals surface area contributed by atoms with Crippen LogP contribution in [0, 0.1) is 28.8 Å². The van der Waals surface area contributed by atoms with Crippen LogP contribution in [-0.2, 0) is 0 Å². The summed E-state index contributed by atoms with van der Waals surface area (Å²) >= 11 is 0. The second-order valence-corrected chi connectivity index (χ2v) is 6.48. The average Bonchev–Trinajstić information content (AvgIpc) is 3.05. The number of allylic oxidation sites excluding steroid dienone is 2. The Morgan fingerprint density at radius 3 is 2.79 bits per heavy atom. The van der Waals surface area contributed by atoms with Gasteiger partial charge >= 0.3 is 0 Å². The third kappa shape index (κ3) is 2.19.